The number of rotatable bonds is 0. The van der Waals surface area contributed by atoms with Crippen molar-refractivity contribution in [2.24, 2.45) is 0 Å². The van der Waals surface area contributed by atoms with Crippen molar-refractivity contribution >= 4 is 27.5 Å². The number of halogens is 1. The van der Waals surface area contributed by atoms with Gasteiger partial charge in [0.15, 0.2) is 0 Å². The number of pyridine rings is 1. The number of fused-ring (bicyclic) bond motifs is 5. The average molecular weight is 261 g/mol. The summed E-state index contributed by atoms with van der Waals surface area (Å²) in [6.45, 7) is 0. The topological polar surface area (TPSA) is 41.1 Å². The van der Waals surface area contributed by atoms with Crippen LogP contribution in [0.4, 0.5) is 4.39 Å². The summed E-state index contributed by atoms with van der Waals surface area (Å²) >= 11 is 0. The van der Waals surface area contributed by atoms with Crippen LogP contribution in [-0.4, -0.2) is 9.38 Å². The van der Waals surface area contributed by atoms with Crippen LogP contribution < -0.4 is 0 Å². The second-order valence-electron chi connectivity index (χ2n) is 4.64. The molecule has 0 amide bonds. The third-order valence-corrected chi connectivity index (χ3v) is 3.49. The summed E-state index contributed by atoms with van der Waals surface area (Å²) in [5, 5.41) is 11.1. The molecule has 94 valence electrons. The summed E-state index contributed by atoms with van der Waals surface area (Å²) in [6.07, 6.45) is 1.71. The van der Waals surface area contributed by atoms with Gasteiger partial charge in [0.25, 0.3) is 0 Å². The number of benzene rings is 2. The van der Waals surface area contributed by atoms with E-state index in [0.717, 1.165) is 16.4 Å². The van der Waals surface area contributed by atoms with Crippen molar-refractivity contribution in [2.45, 2.75) is 0 Å². The molecule has 0 aliphatic carbocycles. The van der Waals surface area contributed by atoms with Crippen LogP contribution in [0.25, 0.3) is 27.5 Å². The fourth-order valence-corrected chi connectivity index (χ4v) is 2.59. The lowest BCUT2D eigenvalue weighted by molar-refractivity contribution is 0.629. The van der Waals surface area contributed by atoms with Crippen molar-refractivity contribution < 1.29 is 4.39 Å². The Morgan fingerprint density at radius 3 is 2.70 bits per heavy atom. The van der Waals surface area contributed by atoms with E-state index in [2.05, 4.69) is 11.1 Å². The van der Waals surface area contributed by atoms with E-state index in [1.165, 1.54) is 12.1 Å². The lowest BCUT2D eigenvalue weighted by Crippen LogP contribution is -1.90. The van der Waals surface area contributed by atoms with Gasteiger partial charge in [0.1, 0.15) is 17.5 Å². The molecule has 3 nitrogen and oxygen atoms in total. The minimum atomic E-state index is -0.314. The molecule has 0 aliphatic heterocycles. The van der Waals surface area contributed by atoms with Crippen LogP contribution in [0.5, 0.6) is 0 Å². The summed E-state index contributed by atoms with van der Waals surface area (Å²) in [5.41, 5.74) is 2.67. The molecule has 4 rings (SSSR count). The Morgan fingerprint density at radius 1 is 1.10 bits per heavy atom. The first kappa shape index (κ1) is 10.9. The molecule has 0 saturated carbocycles. The summed E-state index contributed by atoms with van der Waals surface area (Å²) in [7, 11) is 0. The highest BCUT2D eigenvalue weighted by Crippen LogP contribution is 2.26. The van der Waals surface area contributed by atoms with Gasteiger partial charge < -0.3 is 0 Å². The van der Waals surface area contributed by atoms with E-state index in [4.69, 9.17) is 0 Å². The highest BCUT2D eigenvalue weighted by molar-refractivity contribution is 6.00. The van der Waals surface area contributed by atoms with Gasteiger partial charge in [-0.25, -0.2) is 9.37 Å². The zero-order chi connectivity index (χ0) is 13.7. The van der Waals surface area contributed by atoms with Crippen LogP contribution in [0.2, 0.25) is 0 Å². The van der Waals surface area contributed by atoms with Gasteiger partial charge in [0, 0.05) is 23.0 Å². The molecule has 0 radical (unpaired) electrons. The summed E-state index contributed by atoms with van der Waals surface area (Å²) in [6, 6.07) is 14.3. The SMILES string of the molecule is N#Cc1cn2c3cc(F)ccc3nc2c2ccccc12. The van der Waals surface area contributed by atoms with Crippen molar-refractivity contribution in [3.63, 3.8) is 0 Å². The van der Waals surface area contributed by atoms with E-state index in [1.54, 1.807) is 16.7 Å². The Morgan fingerprint density at radius 2 is 1.90 bits per heavy atom. The van der Waals surface area contributed by atoms with Gasteiger partial charge in [-0.05, 0) is 12.1 Å². The molecule has 0 spiro atoms. The van der Waals surface area contributed by atoms with E-state index < -0.39 is 0 Å². The molecule has 2 heterocycles. The second-order valence-corrected chi connectivity index (χ2v) is 4.64. The van der Waals surface area contributed by atoms with Crippen molar-refractivity contribution in [1.82, 2.24) is 9.38 Å². The number of hydrogen-bond acceptors (Lipinski definition) is 2. The fourth-order valence-electron chi connectivity index (χ4n) is 2.59. The molecular weight excluding hydrogens is 253 g/mol. The zero-order valence-corrected chi connectivity index (χ0v) is 10.3. The third kappa shape index (κ3) is 1.35. The van der Waals surface area contributed by atoms with Crippen molar-refractivity contribution in [3.05, 3.63) is 60.0 Å². The molecule has 0 N–H and O–H groups in total. The van der Waals surface area contributed by atoms with E-state index >= 15 is 0 Å². The number of hydrogen-bond donors (Lipinski definition) is 0. The molecule has 20 heavy (non-hydrogen) atoms. The van der Waals surface area contributed by atoms with Gasteiger partial charge in [-0.3, -0.25) is 4.40 Å². The minimum absolute atomic E-state index is 0.314. The van der Waals surface area contributed by atoms with E-state index in [1.807, 2.05) is 24.3 Å². The van der Waals surface area contributed by atoms with Gasteiger partial charge >= 0.3 is 0 Å². The smallest absolute Gasteiger partial charge is 0.145 e. The molecular formula is C16H8FN3. The quantitative estimate of drug-likeness (QED) is 0.484. The minimum Gasteiger partial charge on any atom is -0.298 e. The normalized spacial score (nSPS) is 11.2. The van der Waals surface area contributed by atoms with E-state index in [0.29, 0.717) is 16.6 Å². The van der Waals surface area contributed by atoms with Crippen molar-refractivity contribution in [3.8, 4) is 6.07 Å². The van der Waals surface area contributed by atoms with Crippen molar-refractivity contribution in [1.29, 1.82) is 5.26 Å². The molecule has 4 heteroatoms. The van der Waals surface area contributed by atoms with Gasteiger partial charge in [-0.2, -0.15) is 5.26 Å². The van der Waals surface area contributed by atoms with Crippen LogP contribution in [0.3, 0.4) is 0 Å². The molecule has 2 aromatic heterocycles. The van der Waals surface area contributed by atoms with Gasteiger partial charge in [-0.1, -0.05) is 24.3 Å². The molecule has 0 unspecified atom stereocenters. The van der Waals surface area contributed by atoms with E-state index in [-0.39, 0.29) is 5.82 Å². The Labute approximate surface area is 113 Å². The monoisotopic (exact) mass is 261 g/mol. The first-order chi connectivity index (χ1) is 9.78. The predicted molar refractivity (Wildman–Crippen MR) is 74.9 cm³/mol. The Hall–Kier alpha value is -2.93. The fraction of sp³-hybridized carbons (Fsp3) is 0. The maximum atomic E-state index is 13.4. The molecule has 0 saturated heterocycles. The van der Waals surface area contributed by atoms with Crippen LogP contribution in [0.15, 0.2) is 48.7 Å². The maximum absolute atomic E-state index is 13.4. The largest absolute Gasteiger partial charge is 0.298 e. The summed E-state index contributed by atoms with van der Waals surface area (Å²) in [4.78, 5) is 4.55. The van der Waals surface area contributed by atoms with Crippen LogP contribution in [0, 0.1) is 17.1 Å². The zero-order valence-electron chi connectivity index (χ0n) is 10.3. The Balaban J connectivity index is 2.33. The number of nitrogens with zero attached hydrogens (tertiary/aromatic N) is 3. The van der Waals surface area contributed by atoms with Gasteiger partial charge in [0.05, 0.1) is 16.6 Å². The first-order valence-corrected chi connectivity index (χ1v) is 6.17. The summed E-state index contributed by atoms with van der Waals surface area (Å²) < 4.78 is 15.2. The number of nitriles is 1. The standard InChI is InChI=1S/C16H8FN3/c17-11-5-6-14-15(7-11)20-9-10(8-18)12-3-1-2-4-13(12)16(20)19-14/h1-7,9H. The van der Waals surface area contributed by atoms with Gasteiger partial charge in [0.2, 0.25) is 0 Å². The summed E-state index contributed by atoms with van der Waals surface area (Å²) in [5.74, 6) is -0.314. The highest BCUT2D eigenvalue weighted by atomic mass is 19.1. The molecule has 4 aromatic rings. The third-order valence-electron chi connectivity index (χ3n) is 3.49. The molecule has 0 fully saturated rings. The Kier molecular flexibility index (Phi) is 2.07. The van der Waals surface area contributed by atoms with E-state index in [9.17, 15) is 9.65 Å². The predicted octanol–water partition coefficient (Wildman–Crippen LogP) is 3.65. The average Bonchev–Trinajstić information content (AvgIpc) is 2.84. The van der Waals surface area contributed by atoms with Crippen LogP contribution in [0.1, 0.15) is 5.56 Å². The number of aromatic nitrogens is 2. The lowest BCUT2D eigenvalue weighted by Gasteiger charge is -2.03. The second kappa shape index (κ2) is 3.78. The van der Waals surface area contributed by atoms with Crippen LogP contribution in [-0.2, 0) is 0 Å². The van der Waals surface area contributed by atoms with Crippen molar-refractivity contribution in [2.75, 3.05) is 0 Å². The van der Waals surface area contributed by atoms with Gasteiger partial charge in [-0.15, -0.1) is 0 Å². The molecule has 0 bridgehead atoms. The van der Waals surface area contributed by atoms with Crippen LogP contribution >= 0.6 is 0 Å². The molecule has 0 atom stereocenters. The molecule has 2 aromatic carbocycles. The highest BCUT2D eigenvalue weighted by Gasteiger charge is 2.11. The molecule has 0 aliphatic rings. The lowest BCUT2D eigenvalue weighted by atomic mass is 10.1. The first-order valence-electron chi connectivity index (χ1n) is 6.17. The maximum Gasteiger partial charge on any atom is 0.145 e. The number of imidazole rings is 1. The Bertz CT molecular complexity index is 1020.